The lowest BCUT2D eigenvalue weighted by Crippen LogP contribution is -2.41. The summed E-state index contributed by atoms with van der Waals surface area (Å²) < 4.78 is 11.0. The van der Waals surface area contributed by atoms with Crippen molar-refractivity contribution < 1.29 is 9.47 Å². The first-order chi connectivity index (χ1) is 9.78. The van der Waals surface area contributed by atoms with Crippen molar-refractivity contribution in [3.63, 3.8) is 0 Å². The summed E-state index contributed by atoms with van der Waals surface area (Å²) in [4.78, 5) is 2.46. The second-order valence-electron chi connectivity index (χ2n) is 5.22. The number of benzene rings is 1. The summed E-state index contributed by atoms with van der Waals surface area (Å²) in [5.41, 5.74) is 7.24. The summed E-state index contributed by atoms with van der Waals surface area (Å²) in [6.07, 6.45) is 2.60. The van der Waals surface area contributed by atoms with Crippen LogP contribution in [0.15, 0.2) is 24.3 Å². The highest BCUT2D eigenvalue weighted by atomic mass is 16.5. The van der Waals surface area contributed by atoms with Crippen LogP contribution in [0.4, 0.5) is 0 Å². The van der Waals surface area contributed by atoms with E-state index in [2.05, 4.69) is 24.0 Å². The van der Waals surface area contributed by atoms with E-state index in [-0.39, 0.29) is 6.04 Å². The molecule has 1 aliphatic rings. The highest BCUT2D eigenvalue weighted by Gasteiger charge is 2.25. The fourth-order valence-electron chi connectivity index (χ4n) is 2.93. The molecular formula is C16H26N2O2. The smallest absolute Gasteiger partial charge is 0.119 e. The van der Waals surface area contributed by atoms with Crippen LogP contribution in [-0.2, 0) is 4.74 Å². The third-order valence-corrected chi connectivity index (χ3v) is 4.02. The maximum atomic E-state index is 6.01. The molecule has 0 aromatic heterocycles. The molecule has 0 aliphatic carbocycles. The van der Waals surface area contributed by atoms with Crippen molar-refractivity contribution in [1.82, 2.24) is 4.90 Å². The minimum Gasteiger partial charge on any atom is -0.497 e. The molecule has 1 heterocycles. The first kappa shape index (κ1) is 15.3. The van der Waals surface area contributed by atoms with Gasteiger partial charge in [-0.05, 0) is 37.5 Å². The van der Waals surface area contributed by atoms with Crippen molar-refractivity contribution in [3.8, 4) is 5.75 Å². The van der Waals surface area contributed by atoms with Crippen molar-refractivity contribution in [2.75, 3.05) is 33.4 Å². The van der Waals surface area contributed by atoms with Crippen molar-refractivity contribution in [3.05, 3.63) is 29.8 Å². The zero-order valence-electron chi connectivity index (χ0n) is 12.5. The molecule has 20 heavy (non-hydrogen) atoms. The molecule has 1 aromatic carbocycles. The molecule has 1 atom stereocenters. The Morgan fingerprint density at radius 2 is 2.10 bits per heavy atom. The van der Waals surface area contributed by atoms with Crippen LogP contribution in [0.2, 0.25) is 0 Å². The number of ether oxygens (including phenoxy) is 2. The third kappa shape index (κ3) is 3.72. The van der Waals surface area contributed by atoms with Crippen LogP contribution in [0.25, 0.3) is 0 Å². The number of piperidine rings is 1. The zero-order chi connectivity index (χ0) is 14.4. The lowest BCUT2D eigenvalue weighted by Gasteiger charge is -2.37. The van der Waals surface area contributed by atoms with E-state index in [0.717, 1.165) is 38.3 Å². The number of nitrogens with zero attached hydrogens (tertiary/aromatic N) is 1. The fraction of sp³-hybridized carbons (Fsp3) is 0.625. The lowest BCUT2D eigenvalue weighted by atomic mass is 10.0. The van der Waals surface area contributed by atoms with Gasteiger partial charge in [-0.2, -0.15) is 0 Å². The zero-order valence-corrected chi connectivity index (χ0v) is 12.5. The van der Waals surface area contributed by atoms with Crippen LogP contribution >= 0.6 is 0 Å². The second-order valence-corrected chi connectivity index (χ2v) is 5.22. The van der Waals surface area contributed by atoms with E-state index >= 15 is 0 Å². The minimum atomic E-state index is 0.271. The Kier molecular flexibility index (Phi) is 5.83. The molecule has 2 N–H and O–H groups in total. The number of methoxy groups -OCH3 is 1. The summed E-state index contributed by atoms with van der Waals surface area (Å²) in [7, 11) is 1.70. The van der Waals surface area contributed by atoms with Crippen molar-refractivity contribution in [2.24, 2.45) is 5.73 Å². The molecule has 0 spiro atoms. The Balaban J connectivity index is 2.01. The van der Waals surface area contributed by atoms with Gasteiger partial charge in [-0.25, -0.2) is 0 Å². The van der Waals surface area contributed by atoms with Crippen LogP contribution in [0.1, 0.15) is 31.4 Å². The highest BCUT2D eigenvalue weighted by Crippen LogP contribution is 2.27. The summed E-state index contributed by atoms with van der Waals surface area (Å²) in [6, 6.07) is 8.50. The topological polar surface area (TPSA) is 47.7 Å². The minimum absolute atomic E-state index is 0.271. The molecule has 1 aromatic rings. The second kappa shape index (κ2) is 7.62. The Hall–Kier alpha value is -1.10. The van der Waals surface area contributed by atoms with Gasteiger partial charge in [0.25, 0.3) is 0 Å². The van der Waals surface area contributed by atoms with Gasteiger partial charge in [0.1, 0.15) is 5.75 Å². The van der Waals surface area contributed by atoms with Gasteiger partial charge in [0, 0.05) is 32.3 Å². The monoisotopic (exact) mass is 278 g/mol. The van der Waals surface area contributed by atoms with Gasteiger partial charge in [-0.1, -0.05) is 12.1 Å². The Labute approximate surface area is 121 Å². The molecule has 4 nitrogen and oxygen atoms in total. The molecule has 0 radical (unpaired) electrons. The van der Waals surface area contributed by atoms with E-state index < -0.39 is 0 Å². The molecule has 2 rings (SSSR count). The Morgan fingerprint density at radius 3 is 2.70 bits per heavy atom. The fourth-order valence-corrected chi connectivity index (χ4v) is 2.93. The van der Waals surface area contributed by atoms with Gasteiger partial charge >= 0.3 is 0 Å². The van der Waals surface area contributed by atoms with Gasteiger partial charge in [0.2, 0.25) is 0 Å². The van der Waals surface area contributed by atoms with Crippen LogP contribution in [-0.4, -0.2) is 44.4 Å². The maximum absolute atomic E-state index is 6.01. The Bertz CT molecular complexity index is 403. The number of rotatable bonds is 6. The van der Waals surface area contributed by atoms with E-state index in [4.69, 9.17) is 15.2 Å². The van der Waals surface area contributed by atoms with Crippen molar-refractivity contribution in [2.45, 2.75) is 31.9 Å². The highest BCUT2D eigenvalue weighted by molar-refractivity contribution is 5.30. The van der Waals surface area contributed by atoms with Gasteiger partial charge in [-0.15, -0.1) is 0 Å². The molecule has 112 valence electrons. The van der Waals surface area contributed by atoms with E-state index in [1.54, 1.807) is 7.11 Å². The predicted octanol–water partition coefficient (Wildman–Crippen LogP) is 2.20. The molecule has 1 fully saturated rings. The molecule has 1 unspecified atom stereocenters. The molecule has 4 heteroatoms. The molecular weight excluding hydrogens is 252 g/mol. The van der Waals surface area contributed by atoms with Crippen LogP contribution in [0.3, 0.4) is 0 Å². The van der Waals surface area contributed by atoms with Gasteiger partial charge in [0.05, 0.1) is 13.2 Å². The number of likely N-dealkylation sites (tertiary alicyclic amines) is 1. The van der Waals surface area contributed by atoms with Crippen LogP contribution in [0.5, 0.6) is 5.75 Å². The number of nitrogens with two attached hydrogens (primary N) is 1. The molecule has 1 aliphatic heterocycles. The maximum Gasteiger partial charge on any atom is 0.119 e. The summed E-state index contributed by atoms with van der Waals surface area (Å²) in [6.45, 7) is 5.59. The molecule has 0 bridgehead atoms. The number of hydrogen-bond acceptors (Lipinski definition) is 4. The SMILES string of the molecule is CCOC1CCN(C(CN)c2cccc(OC)c2)CC1. The first-order valence-electron chi connectivity index (χ1n) is 7.48. The van der Waals surface area contributed by atoms with E-state index in [1.807, 2.05) is 12.1 Å². The molecule has 0 amide bonds. The normalized spacial score (nSPS) is 18.9. The van der Waals surface area contributed by atoms with Crippen molar-refractivity contribution in [1.29, 1.82) is 0 Å². The number of hydrogen-bond donors (Lipinski definition) is 1. The standard InChI is InChI=1S/C16H26N2O2/c1-3-20-14-7-9-18(10-8-14)16(12-17)13-5-4-6-15(11-13)19-2/h4-6,11,14,16H,3,7-10,12,17H2,1-2H3. The largest absolute Gasteiger partial charge is 0.497 e. The predicted molar refractivity (Wildman–Crippen MR) is 81.0 cm³/mol. The van der Waals surface area contributed by atoms with Gasteiger partial charge in [0.15, 0.2) is 0 Å². The van der Waals surface area contributed by atoms with E-state index in [9.17, 15) is 0 Å². The van der Waals surface area contributed by atoms with Crippen molar-refractivity contribution >= 4 is 0 Å². The van der Waals surface area contributed by atoms with Crippen LogP contribution < -0.4 is 10.5 Å². The third-order valence-electron chi connectivity index (χ3n) is 4.02. The average molecular weight is 278 g/mol. The first-order valence-corrected chi connectivity index (χ1v) is 7.48. The molecule has 0 saturated carbocycles. The summed E-state index contributed by atoms with van der Waals surface area (Å²) >= 11 is 0. The summed E-state index contributed by atoms with van der Waals surface area (Å²) in [5, 5.41) is 0. The van der Waals surface area contributed by atoms with E-state index in [0.29, 0.717) is 12.6 Å². The van der Waals surface area contributed by atoms with Gasteiger partial charge < -0.3 is 15.2 Å². The van der Waals surface area contributed by atoms with Crippen LogP contribution in [0, 0.1) is 0 Å². The van der Waals surface area contributed by atoms with E-state index in [1.165, 1.54) is 5.56 Å². The molecule has 1 saturated heterocycles. The summed E-state index contributed by atoms with van der Waals surface area (Å²) in [5.74, 6) is 0.894. The lowest BCUT2D eigenvalue weighted by molar-refractivity contribution is 0.00450. The van der Waals surface area contributed by atoms with Gasteiger partial charge in [-0.3, -0.25) is 4.90 Å². The quantitative estimate of drug-likeness (QED) is 0.866. The Morgan fingerprint density at radius 1 is 1.35 bits per heavy atom. The average Bonchev–Trinajstić information content (AvgIpc) is 2.50.